The van der Waals surface area contributed by atoms with Crippen molar-refractivity contribution in [2.45, 2.75) is 13.0 Å². The summed E-state index contributed by atoms with van der Waals surface area (Å²) in [7, 11) is 0. The zero-order chi connectivity index (χ0) is 23.5. The summed E-state index contributed by atoms with van der Waals surface area (Å²) in [5.41, 5.74) is 5.44. The molecule has 8 heteroatoms. The molecule has 2 aromatic heterocycles. The Morgan fingerprint density at radius 2 is 2.00 bits per heavy atom. The standard InChI is InChI=1S/C26H23N7O/c1-17-3-2-4-20(13-17)31-26(34)23-15-28-11-12-33(23)25-24-22(29-16-30-25)10-9-21(32-24)19-7-5-18(14-27)6-8-19/h2-10,13,16,23,28H,11-12,15H2,1H3,(H,31,34). The van der Waals surface area contributed by atoms with Crippen molar-refractivity contribution >= 4 is 28.4 Å². The number of benzene rings is 2. The number of nitrogens with zero attached hydrogens (tertiary/aromatic N) is 5. The summed E-state index contributed by atoms with van der Waals surface area (Å²) < 4.78 is 0. The summed E-state index contributed by atoms with van der Waals surface area (Å²) in [6.07, 6.45) is 1.51. The molecule has 0 radical (unpaired) electrons. The van der Waals surface area contributed by atoms with Crippen molar-refractivity contribution in [2.24, 2.45) is 0 Å². The predicted octanol–water partition coefficient (Wildman–Crippen LogP) is 3.29. The lowest BCUT2D eigenvalue weighted by molar-refractivity contribution is -0.117. The molecule has 0 bridgehead atoms. The van der Waals surface area contributed by atoms with Crippen LogP contribution in [0.4, 0.5) is 11.5 Å². The van der Waals surface area contributed by atoms with Gasteiger partial charge < -0.3 is 15.5 Å². The van der Waals surface area contributed by atoms with Crippen LogP contribution in [-0.2, 0) is 4.79 Å². The van der Waals surface area contributed by atoms with Crippen LogP contribution in [-0.4, -0.2) is 46.5 Å². The molecule has 0 spiro atoms. The van der Waals surface area contributed by atoms with Gasteiger partial charge in [0, 0.05) is 30.9 Å². The van der Waals surface area contributed by atoms with Crippen molar-refractivity contribution in [2.75, 3.05) is 29.9 Å². The van der Waals surface area contributed by atoms with Crippen LogP contribution in [0.25, 0.3) is 22.3 Å². The van der Waals surface area contributed by atoms with Gasteiger partial charge in [0.25, 0.3) is 0 Å². The van der Waals surface area contributed by atoms with Crippen LogP contribution in [0.3, 0.4) is 0 Å². The first-order chi connectivity index (χ1) is 16.6. The number of hydrogen-bond acceptors (Lipinski definition) is 7. The molecule has 8 nitrogen and oxygen atoms in total. The number of fused-ring (bicyclic) bond motifs is 1. The first kappa shape index (κ1) is 21.5. The molecule has 1 fully saturated rings. The van der Waals surface area contributed by atoms with E-state index in [1.165, 1.54) is 6.33 Å². The Morgan fingerprint density at radius 3 is 2.79 bits per heavy atom. The van der Waals surface area contributed by atoms with E-state index < -0.39 is 6.04 Å². The normalized spacial score (nSPS) is 15.6. The second-order valence-corrected chi connectivity index (χ2v) is 8.22. The smallest absolute Gasteiger partial charge is 0.248 e. The van der Waals surface area contributed by atoms with Gasteiger partial charge in [0.2, 0.25) is 5.91 Å². The fourth-order valence-corrected chi connectivity index (χ4v) is 4.15. The lowest BCUT2D eigenvalue weighted by Crippen LogP contribution is -2.57. The van der Waals surface area contributed by atoms with E-state index in [1.54, 1.807) is 12.1 Å². The molecule has 4 aromatic rings. The topological polar surface area (TPSA) is 107 Å². The molecule has 1 aliphatic heterocycles. The number of anilines is 2. The van der Waals surface area contributed by atoms with Gasteiger partial charge in [0.05, 0.1) is 22.8 Å². The third-order valence-corrected chi connectivity index (χ3v) is 5.88. The first-order valence-electron chi connectivity index (χ1n) is 11.1. The molecule has 168 valence electrons. The molecule has 0 saturated carbocycles. The highest BCUT2D eigenvalue weighted by Gasteiger charge is 2.31. The van der Waals surface area contributed by atoms with Gasteiger partial charge in [-0.3, -0.25) is 4.79 Å². The van der Waals surface area contributed by atoms with Gasteiger partial charge in [-0.2, -0.15) is 5.26 Å². The minimum atomic E-state index is -0.451. The van der Waals surface area contributed by atoms with E-state index in [0.717, 1.165) is 29.1 Å². The van der Waals surface area contributed by atoms with E-state index in [4.69, 9.17) is 10.2 Å². The van der Waals surface area contributed by atoms with Gasteiger partial charge in [0.15, 0.2) is 5.82 Å². The summed E-state index contributed by atoms with van der Waals surface area (Å²) >= 11 is 0. The van der Waals surface area contributed by atoms with E-state index in [1.807, 2.05) is 60.4 Å². The monoisotopic (exact) mass is 449 g/mol. The maximum Gasteiger partial charge on any atom is 0.248 e. The molecule has 3 heterocycles. The van der Waals surface area contributed by atoms with Crippen LogP contribution in [0.1, 0.15) is 11.1 Å². The SMILES string of the molecule is Cc1cccc(NC(=O)C2CNCCN2c2ncnc3ccc(-c4ccc(C#N)cc4)nc23)c1. The summed E-state index contributed by atoms with van der Waals surface area (Å²) in [6.45, 7) is 3.84. The lowest BCUT2D eigenvalue weighted by Gasteiger charge is -2.36. The van der Waals surface area contributed by atoms with Gasteiger partial charge in [0.1, 0.15) is 17.9 Å². The Hall–Kier alpha value is -4.35. The Balaban J connectivity index is 1.50. The highest BCUT2D eigenvalue weighted by atomic mass is 16.2. The summed E-state index contributed by atoms with van der Waals surface area (Å²) in [6, 6.07) is 20.5. The third-order valence-electron chi connectivity index (χ3n) is 5.88. The molecule has 1 unspecified atom stereocenters. The largest absolute Gasteiger partial charge is 0.340 e. The van der Waals surface area contributed by atoms with E-state index in [9.17, 15) is 4.79 Å². The number of rotatable bonds is 4. The Kier molecular flexibility index (Phi) is 5.85. The van der Waals surface area contributed by atoms with Crippen LogP contribution in [0.2, 0.25) is 0 Å². The van der Waals surface area contributed by atoms with Gasteiger partial charge in [-0.15, -0.1) is 0 Å². The van der Waals surface area contributed by atoms with Crippen molar-refractivity contribution in [3.8, 4) is 17.3 Å². The Bertz CT molecular complexity index is 1390. The second-order valence-electron chi connectivity index (χ2n) is 8.22. The van der Waals surface area contributed by atoms with Crippen LogP contribution >= 0.6 is 0 Å². The van der Waals surface area contributed by atoms with Crippen molar-refractivity contribution < 1.29 is 4.79 Å². The molecule has 1 atom stereocenters. The maximum absolute atomic E-state index is 13.3. The number of hydrogen-bond donors (Lipinski definition) is 2. The number of amides is 1. The number of carbonyl (C=O) groups is 1. The number of pyridine rings is 1. The molecule has 1 aliphatic rings. The number of aryl methyl sites for hydroxylation is 1. The Morgan fingerprint density at radius 1 is 1.15 bits per heavy atom. The molecule has 0 aliphatic carbocycles. The molecule has 34 heavy (non-hydrogen) atoms. The van der Waals surface area contributed by atoms with Crippen molar-refractivity contribution in [3.63, 3.8) is 0 Å². The van der Waals surface area contributed by atoms with E-state index in [-0.39, 0.29) is 5.91 Å². The van der Waals surface area contributed by atoms with E-state index in [0.29, 0.717) is 35.5 Å². The minimum Gasteiger partial charge on any atom is -0.340 e. The quantitative estimate of drug-likeness (QED) is 0.492. The summed E-state index contributed by atoms with van der Waals surface area (Å²) in [4.78, 5) is 29.1. The van der Waals surface area contributed by atoms with Crippen molar-refractivity contribution in [1.82, 2.24) is 20.3 Å². The Labute approximate surface area is 197 Å². The average molecular weight is 450 g/mol. The number of piperazine rings is 1. The molecular formula is C26H23N7O. The maximum atomic E-state index is 13.3. The summed E-state index contributed by atoms with van der Waals surface area (Å²) in [5, 5.41) is 15.4. The highest BCUT2D eigenvalue weighted by molar-refractivity contribution is 5.99. The van der Waals surface area contributed by atoms with Crippen molar-refractivity contribution in [1.29, 1.82) is 5.26 Å². The molecule has 2 aromatic carbocycles. The van der Waals surface area contributed by atoms with Gasteiger partial charge in [-0.05, 0) is 48.9 Å². The fraction of sp³-hybridized carbons (Fsp3) is 0.192. The molecule has 2 N–H and O–H groups in total. The molecule has 1 amide bonds. The summed E-state index contributed by atoms with van der Waals surface area (Å²) in [5.74, 6) is 0.527. The van der Waals surface area contributed by atoms with E-state index in [2.05, 4.69) is 26.7 Å². The molecule has 5 rings (SSSR count). The fourth-order valence-electron chi connectivity index (χ4n) is 4.15. The van der Waals surface area contributed by atoms with Crippen LogP contribution < -0.4 is 15.5 Å². The number of carbonyl (C=O) groups excluding carboxylic acids is 1. The second kappa shape index (κ2) is 9.25. The number of aromatic nitrogens is 3. The van der Waals surface area contributed by atoms with Gasteiger partial charge in [-0.25, -0.2) is 15.0 Å². The highest BCUT2D eigenvalue weighted by Crippen LogP contribution is 2.27. The lowest BCUT2D eigenvalue weighted by atomic mass is 10.1. The minimum absolute atomic E-state index is 0.104. The number of nitrogens with one attached hydrogen (secondary N) is 2. The molecular weight excluding hydrogens is 426 g/mol. The van der Waals surface area contributed by atoms with Crippen LogP contribution in [0, 0.1) is 18.3 Å². The predicted molar refractivity (Wildman–Crippen MR) is 131 cm³/mol. The van der Waals surface area contributed by atoms with E-state index >= 15 is 0 Å². The third kappa shape index (κ3) is 4.29. The van der Waals surface area contributed by atoms with Crippen LogP contribution in [0.5, 0.6) is 0 Å². The zero-order valence-electron chi connectivity index (χ0n) is 18.7. The number of nitriles is 1. The van der Waals surface area contributed by atoms with Crippen LogP contribution in [0.15, 0.2) is 67.0 Å². The molecule has 1 saturated heterocycles. The van der Waals surface area contributed by atoms with Gasteiger partial charge in [-0.1, -0.05) is 24.3 Å². The first-order valence-corrected chi connectivity index (χ1v) is 11.1. The zero-order valence-corrected chi connectivity index (χ0v) is 18.7. The van der Waals surface area contributed by atoms with Gasteiger partial charge >= 0.3 is 0 Å². The average Bonchev–Trinajstić information content (AvgIpc) is 2.88. The van der Waals surface area contributed by atoms with Crippen molar-refractivity contribution in [3.05, 3.63) is 78.1 Å².